The van der Waals surface area contributed by atoms with Crippen LogP contribution in [0.3, 0.4) is 0 Å². The van der Waals surface area contributed by atoms with Crippen LogP contribution in [0.4, 0.5) is 5.69 Å². The highest BCUT2D eigenvalue weighted by Gasteiger charge is 2.43. The molecule has 3 unspecified atom stereocenters. The molecule has 3 aliphatic rings. The van der Waals surface area contributed by atoms with Crippen molar-refractivity contribution in [2.24, 2.45) is 4.99 Å². The van der Waals surface area contributed by atoms with Crippen LogP contribution in [0.2, 0.25) is 0 Å². The van der Waals surface area contributed by atoms with E-state index in [9.17, 15) is 0 Å². The monoisotopic (exact) mass is 270 g/mol. The number of nitrogens with zero attached hydrogens (tertiary/aromatic N) is 2. The van der Waals surface area contributed by atoms with Crippen LogP contribution in [-0.4, -0.2) is 29.5 Å². The number of aliphatic imine (C=N–C) groups is 1. The van der Waals surface area contributed by atoms with Crippen LogP contribution in [0.5, 0.6) is 0 Å². The Labute approximate surface area is 120 Å². The van der Waals surface area contributed by atoms with Crippen molar-refractivity contribution < 1.29 is 0 Å². The number of guanidine groups is 1. The van der Waals surface area contributed by atoms with Crippen molar-refractivity contribution in [3.05, 3.63) is 29.8 Å². The van der Waals surface area contributed by atoms with E-state index in [2.05, 4.69) is 28.4 Å². The van der Waals surface area contributed by atoms with E-state index >= 15 is 0 Å². The minimum Gasteiger partial charge on any atom is -0.399 e. The zero-order chi connectivity index (χ0) is 13.5. The molecule has 4 heteroatoms. The molecular weight excluding hydrogens is 248 g/mol. The van der Waals surface area contributed by atoms with E-state index < -0.39 is 0 Å². The summed E-state index contributed by atoms with van der Waals surface area (Å²) in [4.78, 5) is 7.26. The van der Waals surface area contributed by atoms with Crippen LogP contribution in [0, 0.1) is 0 Å². The maximum absolute atomic E-state index is 5.97. The summed E-state index contributed by atoms with van der Waals surface area (Å²) in [5.41, 5.74) is 8.17. The predicted molar refractivity (Wildman–Crippen MR) is 81.5 cm³/mol. The molecule has 3 atom stereocenters. The Bertz CT molecular complexity index is 539. The molecule has 1 aromatic rings. The summed E-state index contributed by atoms with van der Waals surface area (Å²) in [5, 5.41) is 3.65. The Morgan fingerprint density at radius 1 is 1.20 bits per heavy atom. The van der Waals surface area contributed by atoms with Gasteiger partial charge in [-0.25, -0.2) is 0 Å². The van der Waals surface area contributed by atoms with Gasteiger partial charge >= 0.3 is 0 Å². The Morgan fingerprint density at radius 3 is 3.00 bits per heavy atom. The number of nitrogens with one attached hydrogen (secondary N) is 1. The van der Waals surface area contributed by atoms with Gasteiger partial charge in [0, 0.05) is 18.3 Å². The molecule has 1 saturated carbocycles. The topological polar surface area (TPSA) is 53.6 Å². The lowest BCUT2D eigenvalue weighted by atomic mass is 9.89. The normalized spacial score (nSPS) is 32.1. The number of nitrogen functional groups attached to an aromatic ring is 1. The van der Waals surface area contributed by atoms with Crippen molar-refractivity contribution in [2.45, 2.75) is 50.2 Å². The molecule has 1 saturated heterocycles. The molecule has 0 spiro atoms. The summed E-state index contributed by atoms with van der Waals surface area (Å²) in [7, 11) is 0. The van der Waals surface area contributed by atoms with Crippen molar-refractivity contribution in [3.63, 3.8) is 0 Å². The van der Waals surface area contributed by atoms with E-state index in [1.807, 2.05) is 6.07 Å². The molecule has 0 aromatic heterocycles. The standard InChI is InChI=1S/C16H22N4/c17-12-5-3-4-11(10-12)14-8-9-18-16-19-13-6-1-2-7-15(13)20(14)16/h3-5,10,13-15H,1-2,6-9,17H2,(H,18,19). The van der Waals surface area contributed by atoms with Gasteiger partial charge in [-0.1, -0.05) is 25.0 Å². The molecule has 1 aromatic carbocycles. The molecule has 2 heterocycles. The third-order valence-electron chi connectivity index (χ3n) is 4.94. The molecule has 0 bridgehead atoms. The Hall–Kier alpha value is -1.71. The average molecular weight is 270 g/mol. The average Bonchev–Trinajstić information content (AvgIpc) is 2.85. The lowest BCUT2D eigenvalue weighted by Crippen LogP contribution is -2.43. The third kappa shape index (κ3) is 1.86. The number of nitrogens with two attached hydrogens (primary N) is 1. The first-order valence-corrected chi connectivity index (χ1v) is 7.78. The molecule has 20 heavy (non-hydrogen) atoms. The first-order chi connectivity index (χ1) is 9.83. The molecule has 3 N–H and O–H groups in total. The smallest absolute Gasteiger partial charge is 0.195 e. The number of anilines is 1. The summed E-state index contributed by atoms with van der Waals surface area (Å²) in [6, 6.07) is 10.0. The molecule has 106 valence electrons. The van der Waals surface area contributed by atoms with Crippen molar-refractivity contribution in [3.8, 4) is 0 Å². The van der Waals surface area contributed by atoms with Gasteiger partial charge in [0.15, 0.2) is 5.96 Å². The van der Waals surface area contributed by atoms with Crippen molar-refractivity contribution >= 4 is 11.6 Å². The van der Waals surface area contributed by atoms with Gasteiger partial charge in [-0.3, -0.25) is 4.99 Å². The van der Waals surface area contributed by atoms with E-state index in [1.54, 1.807) is 0 Å². The van der Waals surface area contributed by atoms with Gasteiger partial charge in [0.2, 0.25) is 0 Å². The molecule has 0 radical (unpaired) electrons. The van der Waals surface area contributed by atoms with E-state index in [1.165, 1.54) is 31.2 Å². The quantitative estimate of drug-likeness (QED) is 0.770. The number of hydrogen-bond donors (Lipinski definition) is 2. The highest BCUT2D eigenvalue weighted by molar-refractivity contribution is 5.84. The SMILES string of the molecule is Nc1cccc(C2CCN=C3NC4CCCCC4N32)c1. The maximum Gasteiger partial charge on any atom is 0.195 e. The van der Waals surface area contributed by atoms with E-state index in [0.717, 1.165) is 24.6 Å². The van der Waals surface area contributed by atoms with E-state index in [-0.39, 0.29) is 0 Å². The lowest BCUT2D eigenvalue weighted by Gasteiger charge is -2.38. The molecule has 0 amide bonds. The molecule has 1 aliphatic carbocycles. The fourth-order valence-corrected chi connectivity index (χ4v) is 4.04. The van der Waals surface area contributed by atoms with Crippen molar-refractivity contribution in [2.75, 3.05) is 12.3 Å². The Morgan fingerprint density at radius 2 is 2.10 bits per heavy atom. The number of benzene rings is 1. The van der Waals surface area contributed by atoms with Gasteiger partial charge in [-0.05, 0) is 37.0 Å². The fraction of sp³-hybridized carbons (Fsp3) is 0.562. The molecule has 4 nitrogen and oxygen atoms in total. The number of rotatable bonds is 1. The first-order valence-electron chi connectivity index (χ1n) is 7.78. The Kier molecular flexibility index (Phi) is 2.83. The summed E-state index contributed by atoms with van der Waals surface area (Å²) in [6.07, 6.45) is 6.35. The third-order valence-corrected chi connectivity index (χ3v) is 4.94. The second-order valence-corrected chi connectivity index (χ2v) is 6.19. The van der Waals surface area contributed by atoms with Crippen LogP contribution in [0.15, 0.2) is 29.3 Å². The fourth-order valence-electron chi connectivity index (χ4n) is 4.04. The second kappa shape index (κ2) is 4.69. The van der Waals surface area contributed by atoms with Crippen molar-refractivity contribution in [1.29, 1.82) is 0 Å². The molecule has 2 fully saturated rings. The van der Waals surface area contributed by atoms with Gasteiger partial charge in [-0.15, -0.1) is 0 Å². The van der Waals surface area contributed by atoms with Crippen LogP contribution in [-0.2, 0) is 0 Å². The first kappa shape index (κ1) is 12.1. The summed E-state index contributed by atoms with van der Waals surface area (Å²) in [6.45, 7) is 0.914. The minimum absolute atomic E-state index is 0.437. The van der Waals surface area contributed by atoms with Crippen LogP contribution in [0.1, 0.15) is 43.7 Å². The van der Waals surface area contributed by atoms with Crippen LogP contribution < -0.4 is 11.1 Å². The van der Waals surface area contributed by atoms with Gasteiger partial charge in [-0.2, -0.15) is 0 Å². The largest absolute Gasteiger partial charge is 0.399 e. The number of hydrogen-bond acceptors (Lipinski definition) is 4. The molecular formula is C16H22N4. The predicted octanol–water partition coefficient (Wildman–Crippen LogP) is 2.29. The van der Waals surface area contributed by atoms with Gasteiger partial charge in [0.25, 0.3) is 0 Å². The summed E-state index contributed by atoms with van der Waals surface area (Å²) in [5.74, 6) is 1.13. The van der Waals surface area contributed by atoms with E-state index in [4.69, 9.17) is 10.7 Å². The van der Waals surface area contributed by atoms with Gasteiger partial charge in [0.1, 0.15) is 0 Å². The lowest BCUT2D eigenvalue weighted by molar-refractivity contribution is 0.188. The van der Waals surface area contributed by atoms with Gasteiger partial charge in [0.05, 0.1) is 12.1 Å². The highest BCUT2D eigenvalue weighted by Crippen LogP contribution is 2.38. The zero-order valence-electron chi connectivity index (χ0n) is 11.8. The zero-order valence-corrected chi connectivity index (χ0v) is 11.8. The second-order valence-electron chi connectivity index (χ2n) is 6.19. The number of fused-ring (bicyclic) bond motifs is 3. The summed E-state index contributed by atoms with van der Waals surface area (Å²) < 4.78 is 0. The van der Waals surface area contributed by atoms with Crippen molar-refractivity contribution in [1.82, 2.24) is 10.2 Å². The Balaban J connectivity index is 1.69. The summed E-state index contributed by atoms with van der Waals surface area (Å²) >= 11 is 0. The van der Waals surface area contributed by atoms with Crippen LogP contribution in [0.25, 0.3) is 0 Å². The maximum atomic E-state index is 5.97. The van der Waals surface area contributed by atoms with Crippen LogP contribution >= 0.6 is 0 Å². The van der Waals surface area contributed by atoms with Gasteiger partial charge < -0.3 is 16.0 Å². The molecule has 2 aliphatic heterocycles. The van der Waals surface area contributed by atoms with E-state index in [0.29, 0.717) is 18.1 Å². The molecule has 4 rings (SSSR count). The minimum atomic E-state index is 0.437. The highest BCUT2D eigenvalue weighted by atomic mass is 15.4.